The van der Waals surface area contributed by atoms with E-state index in [0.29, 0.717) is 6.54 Å². The third-order valence-corrected chi connectivity index (χ3v) is 3.37. The molecule has 1 atom stereocenters. The standard InChI is InChI=1S/C15H22N2O3/c1-11-5-7-13(8-6-11)9-17(4)14(18)10-16(3)12(2)15(19)20/h5-8,12H,9-10H2,1-4H3,(H,19,20). The Kier molecular flexibility index (Phi) is 5.70. The zero-order valence-electron chi connectivity index (χ0n) is 12.5. The number of likely N-dealkylation sites (N-methyl/N-ethyl adjacent to an activating group) is 2. The second-order valence-electron chi connectivity index (χ2n) is 5.16. The van der Waals surface area contributed by atoms with Gasteiger partial charge >= 0.3 is 5.97 Å². The van der Waals surface area contributed by atoms with Crippen molar-refractivity contribution in [1.82, 2.24) is 9.80 Å². The van der Waals surface area contributed by atoms with Crippen molar-refractivity contribution in [2.45, 2.75) is 26.4 Å². The van der Waals surface area contributed by atoms with Crippen molar-refractivity contribution >= 4 is 11.9 Å². The largest absolute Gasteiger partial charge is 0.480 e. The number of aliphatic carboxylic acids is 1. The molecular formula is C15H22N2O3. The first-order valence-electron chi connectivity index (χ1n) is 6.54. The van der Waals surface area contributed by atoms with Crippen LogP contribution in [-0.4, -0.2) is 53.5 Å². The highest BCUT2D eigenvalue weighted by atomic mass is 16.4. The molecule has 5 heteroatoms. The Bertz CT molecular complexity index is 471. The molecule has 110 valence electrons. The number of carbonyl (C=O) groups excluding carboxylic acids is 1. The highest BCUT2D eigenvalue weighted by Crippen LogP contribution is 2.06. The number of carboxylic acids is 1. The van der Waals surface area contributed by atoms with Crippen LogP contribution in [0.15, 0.2) is 24.3 Å². The predicted octanol–water partition coefficient (Wildman–Crippen LogP) is 1.36. The molecule has 1 rings (SSSR count). The van der Waals surface area contributed by atoms with Crippen LogP contribution < -0.4 is 0 Å². The molecule has 1 unspecified atom stereocenters. The Morgan fingerprint density at radius 3 is 2.25 bits per heavy atom. The van der Waals surface area contributed by atoms with Gasteiger partial charge in [0.2, 0.25) is 5.91 Å². The normalized spacial score (nSPS) is 12.2. The third kappa shape index (κ3) is 4.66. The molecule has 0 fully saturated rings. The fraction of sp³-hybridized carbons (Fsp3) is 0.467. The van der Waals surface area contributed by atoms with Crippen molar-refractivity contribution < 1.29 is 14.7 Å². The summed E-state index contributed by atoms with van der Waals surface area (Å²) in [6.45, 7) is 4.20. The molecule has 1 amide bonds. The van der Waals surface area contributed by atoms with Crippen molar-refractivity contribution in [3.05, 3.63) is 35.4 Å². The minimum absolute atomic E-state index is 0.0931. The molecule has 1 aromatic carbocycles. The van der Waals surface area contributed by atoms with Gasteiger partial charge in [-0.25, -0.2) is 0 Å². The predicted molar refractivity (Wildman–Crippen MR) is 77.4 cm³/mol. The van der Waals surface area contributed by atoms with Gasteiger partial charge in [0.05, 0.1) is 6.54 Å². The van der Waals surface area contributed by atoms with Crippen LogP contribution in [0.5, 0.6) is 0 Å². The summed E-state index contributed by atoms with van der Waals surface area (Å²) in [6, 6.07) is 7.32. The quantitative estimate of drug-likeness (QED) is 0.853. The van der Waals surface area contributed by atoms with Gasteiger partial charge in [-0.1, -0.05) is 29.8 Å². The molecule has 0 bridgehead atoms. The molecule has 0 aliphatic rings. The first-order chi connectivity index (χ1) is 9.31. The van der Waals surface area contributed by atoms with E-state index in [4.69, 9.17) is 5.11 Å². The van der Waals surface area contributed by atoms with Gasteiger partial charge in [0.15, 0.2) is 0 Å². The number of nitrogens with zero attached hydrogens (tertiary/aromatic N) is 2. The SMILES string of the molecule is Cc1ccc(CN(C)C(=O)CN(C)C(C)C(=O)O)cc1. The number of amides is 1. The first-order valence-corrected chi connectivity index (χ1v) is 6.54. The summed E-state index contributed by atoms with van der Waals surface area (Å²) in [5, 5.41) is 8.90. The first kappa shape index (κ1) is 16.2. The van der Waals surface area contributed by atoms with Gasteiger partial charge in [0, 0.05) is 13.6 Å². The monoisotopic (exact) mass is 278 g/mol. The van der Waals surface area contributed by atoms with Gasteiger partial charge in [-0.05, 0) is 26.5 Å². The molecule has 0 heterocycles. The zero-order valence-corrected chi connectivity index (χ0v) is 12.5. The average molecular weight is 278 g/mol. The van der Waals surface area contributed by atoms with Gasteiger partial charge in [-0.15, -0.1) is 0 Å². The van der Waals surface area contributed by atoms with Crippen LogP contribution >= 0.6 is 0 Å². The van der Waals surface area contributed by atoms with Crippen LogP contribution in [0.3, 0.4) is 0 Å². The third-order valence-electron chi connectivity index (χ3n) is 3.37. The van der Waals surface area contributed by atoms with Crippen molar-refractivity contribution in [2.75, 3.05) is 20.6 Å². The Balaban J connectivity index is 2.54. The fourth-order valence-corrected chi connectivity index (χ4v) is 1.72. The highest BCUT2D eigenvalue weighted by Gasteiger charge is 2.20. The van der Waals surface area contributed by atoms with Gasteiger partial charge in [-0.3, -0.25) is 14.5 Å². The summed E-state index contributed by atoms with van der Waals surface area (Å²) in [4.78, 5) is 26.0. The van der Waals surface area contributed by atoms with E-state index in [1.807, 2.05) is 31.2 Å². The van der Waals surface area contributed by atoms with Crippen LogP contribution in [-0.2, 0) is 16.1 Å². The molecule has 0 aromatic heterocycles. The summed E-state index contributed by atoms with van der Waals surface area (Å²) < 4.78 is 0. The van der Waals surface area contributed by atoms with Crippen molar-refractivity contribution in [3.63, 3.8) is 0 Å². The molecule has 1 N–H and O–H groups in total. The second-order valence-corrected chi connectivity index (χ2v) is 5.16. The fourth-order valence-electron chi connectivity index (χ4n) is 1.72. The van der Waals surface area contributed by atoms with E-state index in [2.05, 4.69) is 0 Å². The maximum absolute atomic E-state index is 12.0. The number of hydrogen-bond donors (Lipinski definition) is 1. The summed E-state index contributed by atoms with van der Waals surface area (Å²) in [5.74, 6) is -1.03. The Morgan fingerprint density at radius 2 is 1.75 bits per heavy atom. The minimum atomic E-state index is -0.929. The number of carbonyl (C=O) groups is 2. The van der Waals surface area contributed by atoms with E-state index in [0.717, 1.165) is 5.56 Å². The molecule has 0 spiro atoms. The van der Waals surface area contributed by atoms with E-state index in [-0.39, 0.29) is 12.5 Å². The Hall–Kier alpha value is -1.88. The minimum Gasteiger partial charge on any atom is -0.480 e. The number of aryl methyl sites for hydroxylation is 1. The maximum Gasteiger partial charge on any atom is 0.320 e. The van der Waals surface area contributed by atoms with Crippen LogP contribution in [0.2, 0.25) is 0 Å². The van der Waals surface area contributed by atoms with E-state index >= 15 is 0 Å². The number of benzene rings is 1. The lowest BCUT2D eigenvalue weighted by Gasteiger charge is -2.24. The lowest BCUT2D eigenvalue weighted by molar-refractivity contribution is -0.143. The summed E-state index contributed by atoms with van der Waals surface area (Å²) in [5.41, 5.74) is 2.23. The Morgan fingerprint density at radius 1 is 1.20 bits per heavy atom. The van der Waals surface area contributed by atoms with E-state index in [9.17, 15) is 9.59 Å². The average Bonchev–Trinajstić information content (AvgIpc) is 2.40. The molecule has 20 heavy (non-hydrogen) atoms. The van der Waals surface area contributed by atoms with Crippen LogP contribution in [0.1, 0.15) is 18.1 Å². The molecule has 1 aromatic rings. The van der Waals surface area contributed by atoms with E-state index < -0.39 is 12.0 Å². The van der Waals surface area contributed by atoms with Crippen LogP contribution in [0.4, 0.5) is 0 Å². The molecule has 0 aliphatic carbocycles. The molecule has 0 saturated carbocycles. The Labute approximate surface area is 119 Å². The summed E-state index contributed by atoms with van der Waals surface area (Å²) >= 11 is 0. The number of hydrogen-bond acceptors (Lipinski definition) is 3. The molecule has 0 radical (unpaired) electrons. The molecule has 0 aliphatic heterocycles. The lowest BCUT2D eigenvalue weighted by Crippen LogP contribution is -2.43. The van der Waals surface area contributed by atoms with Gasteiger partial charge in [0.1, 0.15) is 6.04 Å². The molecular weight excluding hydrogens is 256 g/mol. The van der Waals surface area contributed by atoms with Crippen molar-refractivity contribution in [2.24, 2.45) is 0 Å². The highest BCUT2D eigenvalue weighted by molar-refractivity contribution is 5.79. The smallest absolute Gasteiger partial charge is 0.320 e. The maximum atomic E-state index is 12.0. The van der Waals surface area contributed by atoms with Gasteiger partial charge < -0.3 is 10.0 Å². The van der Waals surface area contributed by atoms with Crippen molar-refractivity contribution in [3.8, 4) is 0 Å². The second kappa shape index (κ2) is 7.05. The molecule has 5 nitrogen and oxygen atoms in total. The molecule has 0 saturated heterocycles. The van der Waals surface area contributed by atoms with Crippen LogP contribution in [0.25, 0.3) is 0 Å². The zero-order chi connectivity index (χ0) is 15.3. The van der Waals surface area contributed by atoms with Crippen LogP contribution in [0, 0.1) is 6.92 Å². The summed E-state index contributed by atoms with van der Waals surface area (Å²) in [7, 11) is 3.36. The number of rotatable bonds is 6. The van der Waals surface area contributed by atoms with E-state index in [1.165, 1.54) is 10.5 Å². The van der Waals surface area contributed by atoms with Gasteiger partial charge in [0.25, 0.3) is 0 Å². The topological polar surface area (TPSA) is 60.9 Å². The van der Waals surface area contributed by atoms with E-state index in [1.54, 1.807) is 25.9 Å². The lowest BCUT2D eigenvalue weighted by atomic mass is 10.1. The summed E-state index contributed by atoms with van der Waals surface area (Å²) in [6.07, 6.45) is 0. The number of carboxylic acid groups (broad SMARTS) is 1. The van der Waals surface area contributed by atoms with Gasteiger partial charge in [-0.2, -0.15) is 0 Å². The van der Waals surface area contributed by atoms with Crippen molar-refractivity contribution in [1.29, 1.82) is 0 Å².